The molecule has 150 valence electrons. The van der Waals surface area contributed by atoms with Crippen molar-refractivity contribution in [3.63, 3.8) is 0 Å². The van der Waals surface area contributed by atoms with E-state index in [0.29, 0.717) is 0 Å². The quantitative estimate of drug-likeness (QED) is 0.310. The van der Waals surface area contributed by atoms with E-state index in [1.165, 1.54) is 6.92 Å². The number of alkyl halides is 13. The average Bonchev–Trinajstić information content (AvgIpc) is 2.30. The summed E-state index contributed by atoms with van der Waals surface area (Å²) in [6.07, 6.45) is -28.6. The van der Waals surface area contributed by atoms with Gasteiger partial charge in [0.1, 0.15) is 0 Å². The minimum absolute atomic E-state index is 0.0853. The summed E-state index contributed by atoms with van der Waals surface area (Å²) in [6, 6.07) is 0. The van der Waals surface area contributed by atoms with Gasteiger partial charge in [-0.15, -0.1) is 0 Å². The van der Waals surface area contributed by atoms with Crippen LogP contribution in [-0.4, -0.2) is 37.0 Å². The van der Waals surface area contributed by atoms with Crippen molar-refractivity contribution in [3.05, 3.63) is 11.3 Å². The number of halogens is 13. The highest BCUT2D eigenvalue weighted by Crippen LogP contribution is 2.55. The van der Waals surface area contributed by atoms with Crippen molar-refractivity contribution in [2.45, 2.75) is 50.1 Å². The van der Waals surface area contributed by atoms with E-state index >= 15 is 0 Å². The molecule has 0 amide bonds. The van der Waals surface area contributed by atoms with E-state index in [2.05, 4.69) is 4.74 Å². The maximum Gasteiger partial charge on any atom is 0.439 e. The highest BCUT2D eigenvalue weighted by Gasteiger charge is 2.78. The molecule has 0 aromatic carbocycles. The lowest BCUT2D eigenvalue weighted by Crippen LogP contribution is -2.56. The van der Waals surface area contributed by atoms with E-state index in [4.69, 9.17) is 0 Å². The third-order valence-corrected chi connectivity index (χ3v) is 2.63. The monoisotopic (exact) mass is 404 g/mol. The lowest BCUT2D eigenvalue weighted by Gasteiger charge is -2.34. The maximum atomic E-state index is 13.8. The van der Waals surface area contributed by atoms with Gasteiger partial charge in [0.15, 0.2) is 11.3 Å². The number of ether oxygens (including phenoxy) is 1. The fourth-order valence-electron chi connectivity index (χ4n) is 1.50. The molecule has 0 spiro atoms. The summed E-state index contributed by atoms with van der Waals surface area (Å²) >= 11 is 0. The summed E-state index contributed by atoms with van der Waals surface area (Å²) in [7, 11) is 0. The summed E-state index contributed by atoms with van der Waals surface area (Å²) in [4.78, 5) is 0. The molecule has 0 bridgehead atoms. The Hall–Kier alpha value is -1.37. The lowest BCUT2D eigenvalue weighted by molar-refractivity contribution is -0.338. The van der Waals surface area contributed by atoms with E-state index < -0.39 is 54.7 Å². The summed E-state index contributed by atoms with van der Waals surface area (Å²) in [5.74, 6) is -3.93. The van der Waals surface area contributed by atoms with Gasteiger partial charge >= 0.3 is 30.4 Å². The molecule has 1 nitrogen and oxygen atoms in total. The average molecular weight is 404 g/mol. The van der Waals surface area contributed by atoms with Crippen LogP contribution in [0.5, 0.6) is 0 Å². The smallest absolute Gasteiger partial charge is 0.439 e. The van der Waals surface area contributed by atoms with E-state index in [-0.39, 0.29) is 6.42 Å². The van der Waals surface area contributed by atoms with Crippen LogP contribution in [0.25, 0.3) is 0 Å². The summed E-state index contributed by atoms with van der Waals surface area (Å²) in [5.41, 5.74) is -11.4. The molecule has 0 N–H and O–H groups in total. The Labute approximate surface area is 131 Å². The first-order valence-corrected chi connectivity index (χ1v) is 6.16. The zero-order valence-corrected chi connectivity index (χ0v) is 11.9. The van der Waals surface area contributed by atoms with Crippen LogP contribution in [0.15, 0.2) is 11.3 Å². The van der Waals surface area contributed by atoms with Crippen LogP contribution in [0.2, 0.25) is 0 Å². The number of hydrogen-bond donors (Lipinski definition) is 0. The van der Waals surface area contributed by atoms with Crippen LogP contribution < -0.4 is 0 Å². The Kier molecular flexibility index (Phi) is 6.71. The highest BCUT2D eigenvalue weighted by molar-refractivity contribution is 5.30. The fraction of sp³-hybridized carbons (Fsp3) is 0.818. The molecule has 0 saturated carbocycles. The normalized spacial score (nSPS) is 14.5. The van der Waals surface area contributed by atoms with Gasteiger partial charge in [-0.3, -0.25) is 0 Å². The molecule has 0 aromatic heterocycles. The molecular weight excluding hydrogens is 395 g/mol. The zero-order chi connectivity index (χ0) is 20.5. The second-order valence-electron chi connectivity index (χ2n) is 4.56. The predicted octanol–water partition coefficient (Wildman–Crippen LogP) is 6.01. The molecule has 14 heteroatoms. The largest absolute Gasteiger partial charge is 0.493 e. The van der Waals surface area contributed by atoms with Crippen LogP contribution in [0.3, 0.4) is 0 Å². The van der Waals surface area contributed by atoms with Crippen molar-refractivity contribution in [3.8, 4) is 0 Å². The Morgan fingerprint density at radius 2 is 1.04 bits per heavy atom. The summed E-state index contributed by atoms with van der Waals surface area (Å²) in [5, 5.41) is 0. The number of rotatable bonds is 5. The minimum Gasteiger partial charge on any atom is -0.493 e. The Bertz CT molecular complexity index is 446. The molecule has 25 heavy (non-hydrogen) atoms. The van der Waals surface area contributed by atoms with Crippen LogP contribution in [-0.2, 0) is 4.74 Å². The van der Waals surface area contributed by atoms with Crippen molar-refractivity contribution in [1.29, 1.82) is 0 Å². The first-order chi connectivity index (χ1) is 10.8. The van der Waals surface area contributed by atoms with E-state index in [9.17, 15) is 57.1 Å². The Balaban J connectivity index is 6.93. The highest BCUT2D eigenvalue weighted by atomic mass is 19.4. The van der Waals surface area contributed by atoms with E-state index in [0.717, 1.165) is 0 Å². The Morgan fingerprint density at radius 1 is 0.680 bits per heavy atom. The van der Waals surface area contributed by atoms with Gasteiger partial charge < -0.3 is 4.74 Å². The molecule has 0 rings (SSSR count). The fourth-order valence-corrected chi connectivity index (χ4v) is 1.50. The number of allylic oxidation sites excluding steroid dienone is 2. The van der Waals surface area contributed by atoms with Crippen LogP contribution in [0.1, 0.15) is 19.8 Å². The van der Waals surface area contributed by atoms with Gasteiger partial charge in [0, 0.05) is 0 Å². The van der Waals surface area contributed by atoms with Crippen molar-refractivity contribution in [2.24, 2.45) is 0 Å². The molecule has 0 aromatic rings. The molecule has 0 fully saturated rings. The molecule has 0 aliphatic rings. The van der Waals surface area contributed by atoms with Crippen molar-refractivity contribution in [2.75, 3.05) is 6.61 Å². The van der Waals surface area contributed by atoms with Gasteiger partial charge in [-0.2, -0.15) is 52.7 Å². The molecule has 0 radical (unpaired) electrons. The summed E-state index contributed by atoms with van der Waals surface area (Å²) < 4.78 is 168. The molecule has 0 aliphatic carbocycles. The van der Waals surface area contributed by atoms with Crippen molar-refractivity contribution >= 4 is 0 Å². The van der Waals surface area contributed by atoms with Crippen LogP contribution in [0.4, 0.5) is 57.1 Å². The number of hydrogen-bond acceptors (Lipinski definition) is 1. The van der Waals surface area contributed by atoms with Gasteiger partial charge in [0.05, 0.1) is 6.61 Å². The second kappa shape index (κ2) is 7.09. The molecule has 0 unspecified atom stereocenters. The van der Waals surface area contributed by atoms with Gasteiger partial charge in [-0.05, 0) is 6.42 Å². The Morgan fingerprint density at radius 3 is 1.28 bits per heavy atom. The molecular formula is C11H9F13O. The molecule has 0 aliphatic heterocycles. The minimum atomic E-state index is -7.20. The SMILES string of the molecule is CCCCOC(=C(C(F)(F)F)C(F)(F)F)C(F)(C(F)(F)F)C(F)(F)F. The van der Waals surface area contributed by atoms with Gasteiger partial charge in [-0.25, -0.2) is 4.39 Å². The second-order valence-corrected chi connectivity index (χ2v) is 4.56. The van der Waals surface area contributed by atoms with Gasteiger partial charge in [0.2, 0.25) is 0 Å². The van der Waals surface area contributed by atoms with Crippen molar-refractivity contribution < 1.29 is 61.8 Å². The molecule has 0 atom stereocenters. The topological polar surface area (TPSA) is 9.23 Å². The van der Waals surface area contributed by atoms with Crippen LogP contribution >= 0.6 is 0 Å². The number of unbranched alkanes of at least 4 members (excludes halogenated alkanes) is 1. The first-order valence-electron chi connectivity index (χ1n) is 6.16. The van der Waals surface area contributed by atoms with Gasteiger partial charge in [-0.1, -0.05) is 13.3 Å². The maximum absolute atomic E-state index is 13.8. The summed E-state index contributed by atoms with van der Waals surface area (Å²) in [6.45, 7) is -0.184. The zero-order valence-electron chi connectivity index (χ0n) is 11.9. The predicted molar refractivity (Wildman–Crippen MR) is 55.9 cm³/mol. The molecule has 0 heterocycles. The van der Waals surface area contributed by atoms with E-state index in [1.54, 1.807) is 0 Å². The molecule has 0 saturated heterocycles. The first kappa shape index (κ1) is 23.6. The standard InChI is InChI=1S/C11H9F13O/c1-2-3-4-25-6(5(8(13,14)15)9(16,17)18)7(12,10(19,20)21)11(22,23)24/h2-4H2,1H3. The third kappa shape index (κ3) is 5.06. The van der Waals surface area contributed by atoms with Crippen LogP contribution in [0, 0.1) is 0 Å². The lowest BCUT2D eigenvalue weighted by atomic mass is 9.96. The van der Waals surface area contributed by atoms with Gasteiger partial charge in [0.25, 0.3) is 0 Å². The van der Waals surface area contributed by atoms with Crippen molar-refractivity contribution in [1.82, 2.24) is 0 Å². The van der Waals surface area contributed by atoms with E-state index in [1.807, 2.05) is 0 Å². The third-order valence-electron chi connectivity index (χ3n) is 2.63.